The van der Waals surface area contributed by atoms with Crippen LogP contribution in [-0.2, 0) is 12.8 Å². The maximum absolute atomic E-state index is 14.3. The molecule has 1 heterocycles. The Morgan fingerprint density at radius 2 is 1.71 bits per heavy atom. The molecule has 0 amide bonds. The predicted molar refractivity (Wildman–Crippen MR) is 144 cm³/mol. The molecule has 0 saturated heterocycles. The summed E-state index contributed by atoms with van der Waals surface area (Å²) >= 11 is 0. The molecule has 0 aliphatic carbocycles. The number of halogens is 2. The molecule has 0 radical (unpaired) electrons. The van der Waals surface area contributed by atoms with E-state index in [1.807, 2.05) is 49.4 Å². The standard InChI is InChI=1S/C30H32F2N2O4/c1-20(33-18-27(36)24-11-13-26(35)29-25(24)12-14-28(37)34-29)17-22-7-9-23(10-8-22)38-19-30(31,32)16-15-21-5-3-2-4-6-21/h2-14,20,27,33,35-36H,15-19H2,1H3,(H,34,37)/t20?,27-/m1/s1. The highest BCUT2D eigenvalue weighted by molar-refractivity contribution is 5.87. The van der Waals surface area contributed by atoms with Crippen LogP contribution in [0.3, 0.4) is 0 Å². The van der Waals surface area contributed by atoms with Crippen molar-refractivity contribution in [1.82, 2.24) is 10.3 Å². The van der Waals surface area contributed by atoms with Crippen molar-refractivity contribution in [1.29, 1.82) is 0 Å². The van der Waals surface area contributed by atoms with Gasteiger partial charge in [-0.15, -0.1) is 0 Å². The summed E-state index contributed by atoms with van der Waals surface area (Å²) in [5.41, 5.74) is 2.42. The first-order valence-corrected chi connectivity index (χ1v) is 12.6. The number of phenols is 1. The molecule has 2 atom stereocenters. The molecule has 4 N–H and O–H groups in total. The molecule has 3 aromatic carbocycles. The number of fused-ring (bicyclic) bond motifs is 1. The Morgan fingerprint density at radius 1 is 0.974 bits per heavy atom. The lowest BCUT2D eigenvalue weighted by Crippen LogP contribution is -2.32. The van der Waals surface area contributed by atoms with Crippen LogP contribution in [0.25, 0.3) is 10.9 Å². The molecule has 0 aliphatic rings. The van der Waals surface area contributed by atoms with E-state index in [-0.39, 0.29) is 36.7 Å². The average Bonchev–Trinajstić information content (AvgIpc) is 2.91. The van der Waals surface area contributed by atoms with Crippen LogP contribution in [0.5, 0.6) is 11.5 Å². The number of hydrogen-bond donors (Lipinski definition) is 4. The van der Waals surface area contributed by atoms with Crippen LogP contribution in [-0.4, -0.2) is 40.3 Å². The number of aromatic amines is 1. The molecule has 1 aromatic heterocycles. The van der Waals surface area contributed by atoms with Crippen LogP contribution in [0.4, 0.5) is 8.78 Å². The first-order chi connectivity index (χ1) is 18.2. The minimum absolute atomic E-state index is 0.0157. The average molecular weight is 523 g/mol. The van der Waals surface area contributed by atoms with Crippen molar-refractivity contribution in [2.45, 2.75) is 44.3 Å². The van der Waals surface area contributed by atoms with Crippen molar-refractivity contribution in [2.24, 2.45) is 0 Å². The number of rotatable bonds is 12. The van der Waals surface area contributed by atoms with Crippen LogP contribution in [0.2, 0.25) is 0 Å². The van der Waals surface area contributed by atoms with Gasteiger partial charge in [-0.1, -0.05) is 48.5 Å². The van der Waals surface area contributed by atoms with E-state index >= 15 is 0 Å². The van der Waals surface area contributed by atoms with Gasteiger partial charge >= 0.3 is 0 Å². The minimum atomic E-state index is -2.92. The number of aromatic nitrogens is 1. The van der Waals surface area contributed by atoms with E-state index in [1.54, 1.807) is 24.3 Å². The molecule has 1 unspecified atom stereocenters. The smallest absolute Gasteiger partial charge is 0.281 e. The van der Waals surface area contributed by atoms with E-state index in [1.165, 1.54) is 12.1 Å². The summed E-state index contributed by atoms with van der Waals surface area (Å²) in [6.45, 7) is 1.57. The van der Waals surface area contributed by atoms with Gasteiger partial charge in [0.05, 0.1) is 11.6 Å². The third-order valence-corrected chi connectivity index (χ3v) is 6.46. The normalized spacial score (nSPS) is 13.4. The van der Waals surface area contributed by atoms with Crippen molar-refractivity contribution in [2.75, 3.05) is 13.2 Å². The molecule has 4 rings (SSSR count). The van der Waals surface area contributed by atoms with E-state index in [2.05, 4.69) is 10.3 Å². The first-order valence-electron chi connectivity index (χ1n) is 12.6. The second-order valence-electron chi connectivity index (χ2n) is 9.59. The van der Waals surface area contributed by atoms with Crippen LogP contribution in [0.1, 0.15) is 36.1 Å². The molecule has 0 spiro atoms. The zero-order valence-electron chi connectivity index (χ0n) is 21.2. The summed E-state index contributed by atoms with van der Waals surface area (Å²) in [6.07, 6.45) is -0.185. The second-order valence-corrected chi connectivity index (χ2v) is 9.59. The van der Waals surface area contributed by atoms with Gasteiger partial charge in [0, 0.05) is 30.5 Å². The number of phenolic OH excluding ortho intramolecular Hbond substituents is 1. The number of alkyl halides is 2. The summed E-state index contributed by atoms with van der Waals surface area (Å²) in [7, 11) is 0. The van der Waals surface area contributed by atoms with Crippen molar-refractivity contribution < 1.29 is 23.7 Å². The number of benzene rings is 3. The number of nitrogens with one attached hydrogen (secondary N) is 2. The number of aryl methyl sites for hydroxylation is 1. The number of aliphatic hydroxyl groups excluding tert-OH is 1. The zero-order valence-corrected chi connectivity index (χ0v) is 21.2. The molecule has 6 nitrogen and oxygen atoms in total. The van der Waals surface area contributed by atoms with E-state index in [0.717, 1.165) is 11.1 Å². The Morgan fingerprint density at radius 3 is 2.45 bits per heavy atom. The Labute approximate surface area is 219 Å². The SMILES string of the molecule is CC(Cc1ccc(OCC(F)(F)CCc2ccccc2)cc1)NC[C@@H](O)c1ccc(O)c2[nH]c(=O)ccc12. The predicted octanol–water partition coefficient (Wildman–Crippen LogP) is 5.13. The molecular weight excluding hydrogens is 490 g/mol. The topological polar surface area (TPSA) is 94.6 Å². The van der Waals surface area contributed by atoms with Crippen molar-refractivity contribution in [3.8, 4) is 11.5 Å². The number of H-pyrrole nitrogens is 1. The first kappa shape index (κ1) is 27.3. The number of hydrogen-bond acceptors (Lipinski definition) is 5. The van der Waals surface area contributed by atoms with Gasteiger partial charge in [-0.3, -0.25) is 4.79 Å². The number of ether oxygens (including phenoxy) is 1. The van der Waals surface area contributed by atoms with E-state index in [0.29, 0.717) is 28.6 Å². The summed E-state index contributed by atoms with van der Waals surface area (Å²) in [6, 6.07) is 22.3. The molecule has 4 aromatic rings. The number of aliphatic hydroxyl groups is 1. The van der Waals surface area contributed by atoms with Gasteiger partial charge in [-0.05, 0) is 60.7 Å². The van der Waals surface area contributed by atoms with Crippen LogP contribution in [0.15, 0.2) is 83.7 Å². The number of pyridine rings is 1. The summed E-state index contributed by atoms with van der Waals surface area (Å²) in [5.74, 6) is -2.59. The second kappa shape index (κ2) is 12.2. The van der Waals surface area contributed by atoms with E-state index in [9.17, 15) is 23.8 Å². The van der Waals surface area contributed by atoms with Gasteiger partial charge in [-0.25, -0.2) is 8.78 Å². The zero-order chi connectivity index (χ0) is 27.1. The molecule has 200 valence electrons. The van der Waals surface area contributed by atoms with Gasteiger partial charge in [0.2, 0.25) is 5.56 Å². The fourth-order valence-electron chi connectivity index (χ4n) is 4.35. The van der Waals surface area contributed by atoms with Crippen LogP contribution >= 0.6 is 0 Å². The largest absolute Gasteiger partial charge is 0.506 e. The van der Waals surface area contributed by atoms with Gasteiger partial charge in [-0.2, -0.15) is 0 Å². The Balaban J connectivity index is 1.25. The molecule has 0 fully saturated rings. The highest BCUT2D eigenvalue weighted by Crippen LogP contribution is 2.28. The molecule has 0 saturated carbocycles. The lowest BCUT2D eigenvalue weighted by Gasteiger charge is -2.19. The van der Waals surface area contributed by atoms with Gasteiger partial charge in [0.1, 0.15) is 11.5 Å². The molecule has 0 aliphatic heterocycles. The number of aromatic hydroxyl groups is 1. The highest BCUT2D eigenvalue weighted by Gasteiger charge is 2.29. The third-order valence-electron chi connectivity index (χ3n) is 6.46. The lowest BCUT2D eigenvalue weighted by atomic mass is 10.0. The maximum atomic E-state index is 14.3. The van der Waals surface area contributed by atoms with Crippen molar-refractivity contribution >= 4 is 10.9 Å². The Kier molecular flexibility index (Phi) is 8.76. The lowest BCUT2D eigenvalue weighted by molar-refractivity contribution is -0.0473. The molecular formula is C30H32F2N2O4. The van der Waals surface area contributed by atoms with Gasteiger partial charge < -0.3 is 25.3 Å². The summed E-state index contributed by atoms with van der Waals surface area (Å²) < 4.78 is 33.9. The minimum Gasteiger partial charge on any atom is -0.506 e. The van der Waals surface area contributed by atoms with Crippen molar-refractivity contribution in [3.63, 3.8) is 0 Å². The fraction of sp³-hybridized carbons (Fsp3) is 0.300. The van der Waals surface area contributed by atoms with Crippen LogP contribution in [0, 0.1) is 0 Å². The molecule has 8 heteroatoms. The monoisotopic (exact) mass is 522 g/mol. The maximum Gasteiger partial charge on any atom is 0.281 e. The Hall–Kier alpha value is -3.75. The fourth-order valence-corrected chi connectivity index (χ4v) is 4.35. The van der Waals surface area contributed by atoms with Crippen molar-refractivity contribution in [3.05, 3.63) is 106 Å². The van der Waals surface area contributed by atoms with E-state index < -0.39 is 18.6 Å². The van der Waals surface area contributed by atoms with E-state index in [4.69, 9.17) is 4.74 Å². The Bertz CT molecular complexity index is 1390. The van der Waals surface area contributed by atoms with Gasteiger partial charge in [0.25, 0.3) is 5.92 Å². The quantitative estimate of drug-likeness (QED) is 0.207. The summed E-state index contributed by atoms with van der Waals surface area (Å²) in [5, 5.41) is 24.6. The van der Waals surface area contributed by atoms with Crippen LogP contribution < -0.4 is 15.6 Å². The van der Waals surface area contributed by atoms with Gasteiger partial charge in [0.15, 0.2) is 6.61 Å². The highest BCUT2D eigenvalue weighted by atomic mass is 19.3. The molecule has 0 bridgehead atoms. The summed E-state index contributed by atoms with van der Waals surface area (Å²) in [4.78, 5) is 14.2. The third kappa shape index (κ3) is 7.40. The molecule has 38 heavy (non-hydrogen) atoms.